The normalized spacial score (nSPS) is 15.1. The molecule has 2 amide bonds. The van der Waals surface area contributed by atoms with Gasteiger partial charge in [-0.05, 0) is 48.9 Å². The minimum atomic E-state index is -0.583. The van der Waals surface area contributed by atoms with Crippen LogP contribution in [-0.2, 0) is 11.2 Å². The molecule has 1 aliphatic heterocycles. The number of amides is 2. The van der Waals surface area contributed by atoms with E-state index in [1.54, 1.807) is 4.90 Å². The molecule has 0 saturated carbocycles. The highest BCUT2D eigenvalue weighted by Gasteiger charge is 2.42. The van der Waals surface area contributed by atoms with Gasteiger partial charge in [0.25, 0.3) is 11.5 Å². The van der Waals surface area contributed by atoms with Crippen LogP contribution in [-0.4, -0.2) is 46.5 Å². The lowest BCUT2D eigenvalue weighted by Crippen LogP contribution is -2.51. The summed E-state index contributed by atoms with van der Waals surface area (Å²) in [6, 6.07) is 21.2. The predicted molar refractivity (Wildman–Crippen MR) is 127 cm³/mol. The average molecular weight is 445 g/mol. The van der Waals surface area contributed by atoms with Crippen LogP contribution in [0.25, 0.3) is 11.1 Å². The number of benzene rings is 2. The molecule has 7 heteroatoms. The molecule has 4 rings (SSSR count). The third-order valence-electron chi connectivity index (χ3n) is 6.30. The molecule has 1 fully saturated rings. The predicted octanol–water partition coefficient (Wildman–Crippen LogP) is 3.04. The molecule has 0 radical (unpaired) electrons. The van der Waals surface area contributed by atoms with Crippen LogP contribution in [0.5, 0.6) is 0 Å². The van der Waals surface area contributed by atoms with Gasteiger partial charge in [-0.3, -0.25) is 14.4 Å². The second-order valence-electron chi connectivity index (χ2n) is 8.48. The van der Waals surface area contributed by atoms with E-state index in [0.717, 1.165) is 16.7 Å². The maximum Gasteiger partial charge on any atom is 0.274 e. The summed E-state index contributed by atoms with van der Waals surface area (Å²) in [5.74, 6) is -0.203. The Balaban J connectivity index is 1.53. The van der Waals surface area contributed by atoms with Crippen molar-refractivity contribution in [3.8, 4) is 11.1 Å². The Morgan fingerprint density at radius 1 is 1.00 bits per heavy atom. The second kappa shape index (κ2) is 9.81. The van der Waals surface area contributed by atoms with Crippen LogP contribution in [0.2, 0.25) is 0 Å². The first-order valence-corrected chi connectivity index (χ1v) is 11.3. The monoisotopic (exact) mass is 444 g/mol. The first-order chi connectivity index (χ1) is 16.0. The molecule has 2 heterocycles. The van der Waals surface area contributed by atoms with E-state index in [1.165, 1.54) is 12.1 Å². The van der Waals surface area contributed by atoms with Crippen LogP contribution in [0, 0.1) is 5.41 Å². The molecule has 0 unspecified atom stereocenters. The summed E-state index contributed by atoms with van der Waals surface area (Å²) < 4.78 is 0. The van der Waals surface area contributed by atoms with E-state index in [-0.39, 0.29) is 23.1 Å². The molecular weight excluding hydrogens is 416 g/mol. The Bertz CT molecular complexity index is 1160. The lowest BCUT2D eigenvalue weighted by Gasteiger charge is -2.40. The van der Waals surface area contributed by atoms with Crippen molar-refractivity contribution in [2.75, 3.05) is 19.6 Å². The van der Waals surface area contributed by atoms with Gasteiger partial charge < -0.3 is 10.2 Å². The van der Waals surface area contributed by atoms with Gasteiger partial charge >= 0.3 is 0 Å². The molecule has 0 bridgehead atoms. The summed E-state index contributed by atoms with van der Waals surface area (Å²) >= 11 is 0. The molecule has 2 aromatic carbocycles. The SMILES string of the molecule is CCNC(=O)C1(Cc2cccc(-c3ccccc3)c2)CCN(C(=O)c2ccc(=O)[nH]n2)CC1. The number of carbonyl (C=O) groups is 2. The lowest BCUT2D eigenvalue weighted by molar-refractivity contribution is -0.133. The van der Waals surface area contributed by atoms with Gasteiger partial charge in [-0.1, -0.05) is 54.6 Å². The van der Waals surface area contributed by atoms with Crippen LogP contribution >= 0.6 is 0 Å². The highest BCUT2D eigenvalue weighted by Crippen LogP contribution is 2.37. The summed E-state index contributed by atoms with van der Waals surface area (Å²) in [6.45, 7) is 3.39. The molecular formula is C26H28N4O3. The van der Waals surface area contributed by atoms with Gasteiger partial charge in [-0.2, -0.15) is 5.10 Å². The van der Waals surface area contributed by atoms with E-state index in [4.69, 9.17) is 0 Å². The van der Waals surface area contributed by atoms with Crippen molar-refractivity contribution in [2.45, 2.75) is 26.2 Å². The fourth-order valence-corrected chi connectivity index (χ4v) is 4.48. The molecule has 33 heavy (non-hydrogen) atoms. The van der Waals surface area contributed by atoms with E-state index in [9.17, 15) is 14.4 Å². The Hall–Kier alpha value is -3.74. The molecule has 1 aromatic heterocycles. The maximum absolute atomic E-state index is 13.2. The van der Waals surface area contributed by atoms with Crippen LogP contribution < -0.4 is 10.9 Å². The number of hydrogen-bond acceptors (Lipinski definition) is 4. The number of H-pyrrole nitrogens is 1. The molecule has 3 aromatic rings. The fourth-order valence-electron chi connectivity index (χ4n) is 4.48. The number of nitrogens with one attached hydrogen (secondary N) is 2. The third-order valence-corrected chi connectivity index (χ3v) is 6.30. The number of aromatic amines is 1. The van der Waals surface area contributed by atoms with Gasteiger partial charge in [0.1, 0.15) is 5.69 Å². The van der Waals surface area contributed by atoms with Crippen LogP contribution in [0.4, 0.5) is 0 Å². The smallest absolute Gasteiger partial charge is 0.274 e. The topological polar surface area (TPSA) is 95.2 Å². The van der Waals surface area contributed by atoms with Gasteiger partial charge in [-0.15, -0.1) is 0 Å². The zero-order chi connectivity index (χ0) is 23.3. The quantitative estimate of drug-likeness (QED) is 0.611. The van der Waals surface area contributed by atoms with Crippen molar-refractivity contribution < 1.29 is 9.59 Å². The minimum absolute atomic E-state index is 0.0318. The summed E-state index contributed by atoms with van der Waals surface area (Å²) in [5.41, 5.74) is 2.63. The Labute approximate surface area is 192 Å². The number of piperidine rings is 1. The molecule has 0 spiro atoms. The van der Waals surface area contributed by atoms with Gasteiger partial charge in [-0.25, -0.2) is 5.10 Å². The molecule has 1 saturated heterocycles. The van der Waals surface area contributed by atoms with Crippen molar-refractivity contribution >= 4 is 11.8 Å². The largest absolute Gasteiger partial charge is 0.356 e. The van der Waals surface area contributed by atoms with Crippen molar-refractivity contribution in [1.82, 2.24) is 20.4 Å². The van der Waals surface area contributed by atoms with Crippen molar-refractivity contribution in [3.05, 3.63) is 88.3 Å². The Morgan fingerprint density at radius 2 is 1.73 bits per heavy atom. The number of hydrogen-bond donors (Lipinski definition) is 2. The zero-order valence-corrected chi connectivity index (χ0v) is 18.7. The van der Waals surface area contributed by atoms with Crippen LogP contribution in [0.1, 0.15) is 35.8 Å². The van der Waals surface area contributed by atoms with E-state index in [1.807, 2.05) is 31.2 Å². The molecule has 0 atom stereocenters. The van der Waals surface area contributed by atoms with Gasteiger partial charge in [0.15, 0.2) is 0 Å². The van der Waals surface area contributed by atoms with E-state index >= 15 is 0 Å². The minimum Gasteiger partial charge on any atom is -0.356 e. The number of carbonyl (C=O) groups excluding carboxylic acids is 2. The van der Waals surface area contributed by atoms with Gasteiger partial charge in [0, 0.05) is 25.7 Å². The highest BCUT2D eigenvalue weighted by atomic mass is 16.2. The zero-order valence-electron chi connectivity index (χ0n) is 18.7. The Morgan fingerprint density at radius 3 is 2.39 bits per heavy atom. The summed E-state index contributed by atoms with van der Waals surface area (Å²) in [4.78, 5) is 39.0. The molecule has 170 valence electrons. The third kappa shape index (κ3) is 5.03. The van der Waals surface area contributed by atoms with Crippen molar-refractivity contribution in [1.29, 1.82) is 0 Å². The number of nitrogens with zero attached hydrogens (tertiary/aromatic N) is 2. The highest BCUT2D eigenvalue weighted by molar-refractivity contribution is 5.92. The molecule has 1 aliphatic rings. The lowest BCUT2D eigenvalue weighted by atomic mass is 9.72. The summed E-state index contributed by atoms with van der Waals surface area (Å²) in [5, 5.41) is 9.17. The number of rotatable bonds is 6. The van der Waals surface area contributed by atoms with Crippen molar-refractivity contribution in [3.63, 3.8) is 0 Å². The standard InChI is InChI=1S/C26H28N4O3/c1-2-27-25(33)26(18-19-7-6-10-21(17-19)20-8-4-3-5-9-20)13-15-30(16-14-26)24(32)22-11-12-23(31)29-28-22/h3-12,17H,2,13-16,18H2,1H3,(H,27,33)(H,29,31). The van der Waals surface area contributed by atoms with Crippen LogP contribution in [0.3, 0.4) is 0 Å². The average Bonchev–Trinajstić information content (AvgIpc) is 2.85. The van der Waals surface area contributed by atoms with Crippen LogP contribution in [0.15, 0.2) is 71.5 Å². The number of likely N-dealkylation sites (tertiary alicyclic amines) is 1. The molecule has 0 aliphatic carbocycles. The van der Waals surface area contributed by atoms with Gasteiger partial charge in [0.05, 0.1) is 5.41 Å². The number of aromatic nitrogens is 2. The summed E-state index contributed by atoms with van der Waals surface area (Å²) in [6.07, 6.45) is 1.73. The Kier molecular flexibility index (Phi) is 6.68. The first-order valence-electron chi connectivity index (χ1n) is 11.3. The molecule has 2 N–H and O–H groups in total. The van der Waals surface area contributed by atoms with Crippen molar-refractivity contribution in [2.24, 2.45) is 5.41 Å². The van der Waals surface area contributed by atoms with E-state index < -0.39 is 5.41 Å². The second-order valence-corrected chi connectivity index (χ2v) is 8.48. The van der Waals surface area contributed by atoms with E-state index in [0.29, 0.717) is 38.9 Å². The first kappa shape index (κ1) is 22.5. The fraction of sp³-hybridized carbons (Fsp3) is 0.308. The van der Waals surface area contributed by atoms with Gasteiger partial charge in [0.2, 0.25) is 5.91 Å². The summed E-state index contributed by atoms with van der Waals surface area (Å²) in [7, 11) is 0. The van der Waals surface area contributed by atoms with E-state index in [2.05, 4.69) is 45.8 Å². The maximum atomic E-state index is 13.2. The molecule has 7 nitrogen and oxygen atoms in total.